The number of amides is 2. The number of nitrogens with zero attached hydrogens (tertiary/aromatic N) is 1. The van der Waals surface area contributed by atoms with Gasteiger partial charge in [-0.2, -0.15) is 0 Å². The maximum Gasteiger partial charge on any atom is 0.255 e. The average molecular weight is 423 g/mol. The number of hydrogen-bond acceptors (Lipinski definition) is 2. The van der Waals surface area contributed by atoms with Gasteiger partial charge in [0.1, 0.15) is 0 Å². The Bertz CT molecular complexity index is 957. The van der Waals surface area contributed by atoms with Gasteiger partial charge in [-0.25, -0.2) is 0 Å². The molecule has 2 amide bonds. The predicted molar refractivity (Wildman–Crippen MR) is 111 cm³/mol. The Hall–Kier alpha value is -2.92. The standard InChI is InChI=1S/C22H19BrN2O2/c1-25(15-16-7-3-2-4-8-16)22(27)18-10-6-12-20(14-18)24-21(26)17-9-5-11-19(23)13-17/h2-14H,15H2,1H3,(H,24,26). The highest BCUT2D eigenvalue weighted by molar-refractivity contribution is 9.10. The zero-order valence-corrected chi connectivity index (χ0v) is 16.4. The minimum atomic E-state index is -0.224. The first-order valence-corrected chi connectivity index (χ1v) is 9.28. The van der Waals surface area contributed by atoms with Crippen LogP contribution in [0.15, 0.2) is 83.3 Å². The van der Waals surface area contributed by atoms with Gasteiger partial charge in [0.2, 0.25) is 0 Å². The number of rotatable bonds is 5. The van der Waals surface area contributed by atoms with Crippen LogP contribution in [0.25, 0.3) is 0 Å². The summed E-state index contributed by atoms with van der Waals surface area (Å²) in [6.07, 6.45) is 0. The van der Waals surface area contributed by atoms with Crippen molar-refractivity contribution in [3.8, 4) is 0 Å². The van der Waals surface area contributed by atoms with Crippen molar-refractivity contribution in [1.82, 2.24) is 4.90 Å². The monoisotopic (exact) mass is 422 g/mol. The van der Waals surface area contributed by atoms with Gasteiger partial charge in [0, 0.05) is 34.9 Å². The molecule has 27 heavy (non-hydrogen) atoms. The highest BCUT2D eigenvalue weighted by Crippen LogP contribution is 2.17. The molecule has 3 aromatic carbocycles. The summed E-state index contributed by atoms with van der Waals surface area (Å²) in [6, 6.07) is 23.9. The average Bonchev–Trinajstić information content (AvgIpc) is 2.68. The van der Waals surface area contributed by atoms with E-state index < -0.39 is 0 Å². The van der Waals surface area contributed by atoms with Crippen molar-refractivity contribution in [2.24, 2.45) is 0 Å². The van der Waals surface area contributed by atoms with Crippen molar-refractivity contribution in [2.75, 3.05) is 12.4 Å². The molecule has 0 aromatic heterocycles. The molecule has 0 atom stereocenters. The van der Waals surface area contributed by atoms with Crippen LogP contribution in [-0.2, 0) is 6.54 Å². The fourth-order valence-corrected chi connectivity index (χ4v) is 3.11. The molecule has 4 nitrogen and oxygen atoms in total. The van der Waals surface area contributed by atoms with Crippen molar-refractivity contribution in [3.63, 3.8) is 0 Å². The minimum Gasteiger partial charge on any atom is -0.337 e. The third kappa shape index (κ3) is 5.05. The SMILES string of the molecule is CN(Cc1ccccc1)C(=O)c1cccc(NC(=O)c2cccc(Br)c2)c1. The van der Waals surface area contributed by atoms with E-state index in [1.165, 1.54) is 0 Å². The van der Waals surface area contributed by atoms with Crippen LogP contribution < -0.4 is 5.32 Å². The number of nitrogens with one attached hydrogen (secondary N) is 1. The van der Waals surface area contributed by atoms with E-state index in [0.29, 0.717) is 23.4 Å². The van der Waals surface area contributed by atoms with E-state index in [-0.39, 0.29) is 11.8 Å². The molecule has 0 fully saturated rings. The van der Waals surface area contributed by atoms with Gasteiger partial charge in [-0.15, -0.1) is 0 Å². The molecule has 5 heteroatoms. The first-order chi connectivity index (χ1) is 13.0. The van der Waals surface area contributed by atoms with Crippen molar-refractivity contribution in [2.45, 2.75) is 6.54 Å². The number of carbonyl (C=O) groups excluding carboxylic acids is 2. The third-order valence-corrected chi connectivity index (χ3v) is 4.56. The molecular formula is C22H19BrN2O2. The van der Waals surface area contributed by atoms with E-state index in [9.17, 15) is 9.59 Å². The van der Waals surface area contributed by atoms with E-state index in [4.69, 9.17) is 0 Å². The number of carbonyl (C=O) groups is 2. The molecule has 3 aromatic rings. The van der Waals surface area contributed by atoms with Crippen LogP contribution in [0.2, 0.25) is 0 Å². The van der Waals surface area contributed by atoms with Gasteiger partial charge in [0.05, 0.1) is 0 Å². The Morgan fingerprint density at radius 1 is 0.889 bits per heavy atom. The fraction of sp³-hybridized carbons (Fsp3) is 0.0909. The summed E-state index contributed by atoms with van der Waals surface area (Å²) < 4.78 is 0.835. The summed E-state index contributed by atoms with van der Waals surface area (Å²) >= 11 is 3.36. The summed E-state index contributed by atoms with van der Waals surface area (Å²) in [5, 5.41) is 2.84. The Kier molecular flexibility index (Phi) is 6.04. The lowest BCUT2D eigenvalue weighted by Crippen LogP contribution is -2.26. The van der Waals surface area contributed by atoms with Crippen LogP contribution in [0.5, 0.6) is 0 Å². The molecule has 1 N–H and O–H groups in total. The molecule has 0 saturated carbocycles. The molecule has 0 saturated heterocycles. The van der Waals surface area contributed by atoms with Crippen molar-refractivity contribution >= 4 is 33.4 Å². The quantitative estimate of drug-likeness (QED) is 0.630. The Balaban J connectivity index is 1.71. The van der Waals surface area contributed by atoms with Gasteiger partial charge in [0.15, 0.2) is 0 Å². The van der Waals surface area contributed by atoms with Crippen LogP contribution in [0.4, 0.5) is 5.69 Å². The third-order valence-electron chi connectivity index (χ3n) is 4.06. The summed E-state index contributed by atoms with van der Waals surface area (Å²) in [4.78, 5) is 26.8. The summed E-state index contributed by atoms with van der Waals surface area (Å²) in [6.45, 7) is 0.522. The van der Waals surface area contributed by atoms with Crippen LogP contribution in [0.3, 0.4) is 0 Å². The first kappa shape index (κ1) is 18.9. The Morgan fingerprint density at radius 3 is 2.33 bits per heavy atom. The van der Waals surface area contributed by atoms with E-state index >= 15 is 0 Å². The Morgan fingerprint density at radius 2 is 1.59 bits per heavy atom. The lowest BCUT2D eigenvalue weighted by Gasteiger charge is -2.18. The lowest BCUT2D eigenvalue weighted by molar-refractivity contribution is 0.0784. The second kappa shape index (κ2) is 8.64. The molecule has 0 spiro atoms. The molecular weight excluding hydrogens is 404 g/mol. The Labute approximate surface area is 167 Å². The molecule has 0 heterocycles. The maximum atomic E-state index is 12.7. The largest absolute Gasteiger partial charge is 0.337 e. The normalized spacial score (nSPS) is 10.3. The predicted octanol–water partition coefficient (Wildman–Crippen LogP) is 4.97. The van der Waals surface area contributed by atoms with Crippen LogP contribution in [0.1, 0.15) is 26.3 Å². The van der Waals surface area contributed by atoms with Crippen molar-refractivity contribution in [3.05, 3.63) is 100 Å². The lowest BCUT2D eigenvalue weighted by atomic mass is 10.1. The molecule has 0 aliphatic heterocycles. The summed E-state index contributed by atoms with van der Waals surface area (Å²) in [7, 11) is 1.77. The van der Waals surface area contributed by atoms with E-state index in [0.717, 1.165) is 10.0 Å². The second-order valence-electron chi connectivity index (χ2n) is 6.19. The van der Waals surface area contributed by atoms with Crippen LogP contribution >= 0.6 is 15.9 Å². The van der Waals surface area contributed by atoms with Gasteiger partial charge in [-0.05, 0) is 42.0 Å². The highest BCUT2D eigenvalue weighted by atomic mass is 79.9. The van der Waals surface area contributed by atoms with E-state index in [2.05, 4.69) is 21.2 Å². The smallest absolute Gasteiger partial charge is 0.255 e. The number of anilines is 1. The second-order valence-corrected chi connectivity index (χ2v) is 7.11. The molecule has 3 rings (SSSR count). The van der Waals surface area contributed by atoms with Gasteiger partial charge in [-0.1, -0.05) is 58.4 Å². The zero-order valence-electron chi connectivity index (χ0n) is 14.9. The van der Waals surface area contributed by atoms with Crippen LogP contribution in [-0.4, -0.2) is 23.8 Å². The molecule has 0 unspecified atom stereocenters. The van der Waals surface area contributed by atoms with Crippen LogP contribution in [0, 0.1) is 0 Å². The molecule has 0 radical (unpaired) electrons. The van der Waals surface area contributed by atoms with Gasteiger partial charge < -0.3 is 10.2 Å². The first-order valence-electron chi connectivity index (χ1n) is 8.49. The van der Waals surface area contributed by atoms with Crippen molar-refractivity contribution in [1.29, 1.82) is 0 Å². The fourth-order valence-electron chi connectivity index (χ4n) is 2.71. The molecule has 0 aliphatic rings. The molecule has 0 aliphatic carbocycles. The van der Waals surface area contributed by atoms with Gasteiger partial charge in [0.25, 0.3) is 11.8 Å². The highest BCUT2D eigenvalue weighted by Gasteiger charge is 2.13. The topological polar surface area (TPSA) is 49.4 Å². The molecule has 0 bridgehead atoms. The number of halogens is 1. The van der Waals surface area contributed by atoms with Gasteiger partial charge >= 0.3 is 0 Å². The number of hydrogen-bond donors (Lipinski definition) is 1. The summed E-state index contributed by atoms with van der Waals surface area (Å²) in [5.74, 6) is -0.323. The maximum absolute atomic E-state index is 12.7. The van der Waals surface area contributed by atoms with Gasteiger partial charge in [-0.3, -0.25) is 9.59 Å². The van der Waals surface area contributed by atoms with E-state index in [1.54, 1.807) is 54.4 Å². The molecule has 136 valence electrons. The van der Waals surface area contributed by atoms with Crippen molar-refractivity contribution < 1.29 is 9.59 Å². The number of benzene rings is 3. The summed E-state index contributed by atoms with van der Waals surface area (Å²) in [5.41, 5.74) is 2.72. The zero-order chi connectivity index (χ0) is 19.2. The minimum absolute atomic E-state index is 0.0996. The van der Waals surface area contributed by atoms with E-state index in [1.807, 2.05) is 36.4 Å².